The number of benzene rings is 2. The van der Waals surface area contributed by atoms with Gasteiger partial charge in [0.25, 0.3) is 0 Å². The molecule has 166 valence electrons. The number of hydrogen-bond acceptors (Lipinski definition) is 8. The van der Waals surface area contributed by atoms with E-state index in [1.165, 1.54) is 0 Å². The lowest BCUT2D eigenvalue weighted by molar-refractivity contribution is -0.276. The van der Waals surface area contributed by atoms with Crippen LogP contribution in [0.25, 0.3) is 10.4 Å². The van der Waals surface area contributed by atoms with E-state index in [9.17, 15) is 10.2 Å². The Kier molecular flexibility index (Phi) is 8.16. The van der Waals surface area contributed by atoms with Crippen molar-refractivity contribution < 1.29 is 29.2 Å². The van der Waals surface area contributed by atoms with Crippen molar-refractivity contribution in [1.29, 1.82) is 0 Å². The quantitative estimate of drug-likeness (QED) is 0.235. The highest BCUT2D eigenvalue weighted by atomic mass is 32.1. The van der Waals surface area contributed by atoms with Gasteiger partial charge in [-0.15, -0.1) is 12.6 Å². The average Bonchev–Trinajstić information content (AvgIpc) is 2.80. The molecule has 0 bridgehead atoms. The maximum atomic E-state index is 11.1. The summed E-state index contributed by atoms with van der Waals surface area (Å²) in [5, 5.41) is 24.5. The molecular formula is C21H25N3O6S. The van der Waals surface area contributed by atoms with Crippen LogP contribution in [-0.4, -0.2) is 53.4 Å². The highest BCUT2D eigenvalue weighted by Gasteiger charge is 2.55. The second-order valence-electron chi connectivity index (χ2n) is 7.02. The smallest absolute Gasteiger partial charge is 0.208 e. The third-order valence-electron chi connectivity index (χ3n) is 5.01. The van der Waals surface area contributed by atoms with Gasteiger partial charge in [-0.3, -0.25) is 0 Å². The first kappa shape index (κ1) is 23.4. The number of nitrogens with zero attached hydrogens (tertiary/aromatic N) is 3. The third kappa shape index (κ3) is 5.50. The van der Waals surface area contributed by atoms with Gasteiger partial charge >= 0.3 is 0 Å². The molecular weight excluding hydrogens is 422 g/mol. The van der Waals surface area contributed by atoms with E-state index in [4.69, 9.17) is 24.5 Å². The Morgan fingerprint density at radius 3 is 2.35 bits per heavy atom. The summed E-state index contributed by atoms with van der Waals surface area (Å²) >= 11 is 4.23. The van der Waals surface area contributed by atoms with Crippen LogP contribution in [0.15, 0.2) is 59.7 Å². The van der Waals surface area contributed by atoms with Crippen molar-refractivity contribution >= 4 is 12.6 Å². The van der Waals surface area contributed by atoms with Crippen molar-refractivity contribution in [3.05, 3.63) is 76.2 Å². The standard InChI is InChI=1S/C21H25N3O6S/c1-27-16-9-7-15(8-10-16)12-28-18-17(11-25)30-20(31)21(26,23-24-22)19(18)29-13-14-5-3-2-4-6-14/h2-10,17-20,25-26,31H,11-13H2,1H3/t17-,18-,19+,20+,21-/m1/s1. The van der Waals surface area contributed by atoms with Crippen LogP contribution in [0.4, 0.5) is 0 Å². The molecule has 1 heterocycles. The number of rotatable bonds is 9. The fourth-order valence-electron chi connectivity index (χ4n) is 3.33. The number of thiol groups is 1. The maximum absolute atomic E-state index is 11.1. The van der Waals surface area contributed by atoms with Crippen molar-refractivity contribution in [2.75, 3.05) is 13.7 Å². The Bertz CT molecular complexity index is 880. The van der Waals surface area contributed by atoms with Gasteiger partial charge in [0.1, 0.15) is 29.5 Å². The number of methoxy groups -OCH3 is 1. The molecule has 1 saturated heterocycles. The Morgan fingerprint density at radius 1 is 1.10 bits per heavy atom. The molecule has 0 radical (unpaired) electrons. The van der Waals surface area contributed by atoms with Crippen LogP contribution in [0, 0.1) is 0 Å². The average molecular weight is 448 g/mol. The first-order valence-electron chi connectivity index (χ1n) is 9.65. The van der Waals surface area contributed by atoms with Gasteiger partial charge in [-0.1, -0.05) is 47.6 Å². The van der Waals surface area contributed by atoms with Crippen LogP contribution in [0.2, 0.25) is 0 Å². The maximum Gasteiger partial charge on any atom is 0.208 e. The van der Waals surface area contributed by atoms with E-state index in [1.54, 1.807) is 19.2 Å². The lowest BCUT2D eigenvalue weighted by Gasteiger charge is -2.47. The molecule has 5 atom stereocenters. The molecule has 0 aromatic heterocycles. The van der Waals surface area contributed by atoms with E-state index < -0.39 is 36.1 Å². The normalized spacial score (nSPS) is 28.0. The molecule has 1 aliphatic rings. The first-order valence-corrected chi connectivity index (χ1v) is 10.2. The first-order chi connectivity index (χ1) is 15.0. The van der Waals surface area contributed by atoms with E-state index >= 15 is 0 Å². The van der Waals surface area contributed by atoms with Crippen molar-refractivity contribution in [3.63, 3.8) is 0 Å². The predicted octanol–water partition coefficient (Wildman–Crippen LogP) is 2.81. The van der Waals surface area contributed by atoms with Crippen LogP contribution < -0.4 is 4.74 Å². The van der Waals surface area contributed by atoms with E-state index in [2.05, 4.69) is 22.7 Å². The molecule has 31 heavy (non-hydrogen) atoms. The zero-order chi connectivity index (χ0) is 22.3. The molecule has 0 aliphatic carbocycles. The van der Waals surface area contributed by atoms with Crippen LogP contribution in [0.5, 0.6) is 5.75 Å². The van der Waals surface area contributed by atoms with Crippen molar-refractivity contribution in [1.82, 2.24) is 0 Å². The molecule has 0 saturated carbocycles. The Morgan fingerprint density at radius 2 is 1.74 bits per heavy atom. The Balaban J connectivity index is 1.84. The summed E-state index contributed by atoms with van der Waals surface area (Å²) in [6, 6.07) is 16.6. The van der Waals surface area contributed by atoms with Gasteiger partial charge < -0.3 is 29.2 Å². The number of ether oxygens (including phenoxy) is 4. The minimum absolute atomic E-state index is 0.121. The summed E-state index contributed by atoms with van der Waals surface area (Å²) in [6.45, 7) is -0.138. The van der Waals surface area contributed by atoms with Crippen LogP contribution in [0.1, 0.15) is 11.1 Å². The molecule has 3 rings (SSSR count). The summed E-state index contributed by atoms with van der Waals surface area (Å²) in [4.78, 5) is 2.74. The zero-order valence-electron chi connectivity index (χ0n) is 16.9. The summed E-state index contributed by atoms with van der Waals surface area (Å²) < 4.78 is 22.7. The number of aliphatic hydroxyl groups is 2. The molecule has 2 N–H and O–H groups in total. The summed E-state index contributed by atoms with van der Waals surface area (Å²) in [5.41, 5.74) is 7.33. The number of azide groups is 1. The Labute approximate surface area is 185 Å². The molecule has 1 fully saturated rings. The molecule has 2 aromatic carbocycles. The topological polar surface area (TPSA) is 126 Å². The van der Waals surface area contributed by atoms with Crippen LogP contribution in [-0.2, 0) is 27.4 Å². The lowest BCUT2D eigenvalue weighted by atomic mass is 9.94. The number of aliphatic hydroxyl groups excluding tert-OH is 1. The van der Waals surface area contributed by atoms with Gasteiger partial charge in [-0.25, -0.2) is 0 Å². The molecule has 1 aliphatic heterocycles. The third-order valence-corrected chi connectivity index (χ3v) is 5.51. The highest BCUT2D eigenvalue weighted by molar-refractivity contribution is 7.80. The predicted molar refractivity (Wildman–Crippen MR) is 115 cm³/mol. The van der Waals surface area contributed by atoms with E-state index in [0.717, 1.165) is 11.1 Å². The number of hydrogen-bond donors (Lipinski definition) is 3. The summed E-state index contributed by atoms with van der Waals surface area (Å²) in [5.74, 6) is 0.706. The van der Waals surface area contributed by atoms with Crippen molar-refractivity contribution in [2.45, 2.75) is 42.7 Å². The van der Waals surface area contributed by atoms with E-state index in [0.29, 0.717) is 5.75 Å². The summed E-state index contributed by atoms with van der Waals surface area (Å²) in [7, 11) is 1.58. The minimum atomic E-state index is -2.15. The van der Waals surface area contributed by atoms with E-state index in [-0.39, 0.29) is 13.2 Å². The minimum Gasteiger partial charge on any atom is -0.497 e. The van der Waals surface area contributed by atoms with Gasteiger partial charge in [-0.2, -0.15) is 0 Å². The fraction of sp³-hybridized carbons (Fsp3) is 0.429. The van der Waals surface area contributed by atoms with Gasteiger partial charge in [0.2, 0.25) is 5.72 Å². The zero-order valence-corrected chi connectivity index (χ0v) is 17.8. The molecule has 10 heteroatoms. The molecule has 0 amide bonds. The molecule has 2 aromatic rings. The second kappa shape index (κ2) is 10.8. The lowest BCUT2D eigenvalue weighted by Crippen LogP contribution is -2.65. The van der Waals surface area contributed by atoms with Gasteiger partial charge in [0, 0.05) is 4.91 Å². The largest absolute Gasteiger partial charge is 0.497 e. The molecule has 0 spiro atoms. The summed E-state index contributed by atoms with van der Waals surface area (Å²) in [6.07, 6.45) is -2.93. The second-order valence-corrected chi connectivity index (χ2v) is 7.49. The van der Waals surface area contributed by atoms with Crippen LogP contribution >= 0.6 is 12.6 Å². The van der Waals surface area contributed by atoms with Crippen molar-refractivity contribution in [3.8, 4) is 5.75 Å². The van der Waals surface area contributed by atoms with E-state index in [1.807, 2.05) is 42.5 Å². The van der Waals surface area contributed by atoms with Gasteiger partial charge in [-0.05, 0) is 28.8 Å². The monoisotopic (exact) mass is 447 g/mol. The van der Waals surface area contributed by atoms with Gasteiger partial charge in [0.05, 0.1) is 26.9 Å². The SMILES string of the molecule is COc1ccc(CO[C@@H]2[C@@H](CO)O[C@@H](S)[C@@](O)(N=[N+]=[N-])[C@H]2OCc2ccccc2)cc1. The highest BCUT2D eigenvalue weighted by Crippen LogP contribution is 2.37. The van der Waals surface area contributed by atoms with Crippen LogP contribution in [0.3, 0.4) is 0 Å². The molecule has 9 nitrogen and oxygen atoms in total. The molecule has 0 unspecified atom stereocenters. The Hall–Kier alpha value is -2.30. The van der Waals surface area contributed by atoms with Gasteiger partial charge in [0.15, 0.2) is 0 Å². The fourth-order valence-corrected chi connectivity index (χ4v) is 3.69. The van der Waals surface area contributed by atoms with Crippen molar-refractivity contribution in [2.24, 2.45) is 5.11 Å².